The molecule has 44 heavy (non-hydrogen) atoms. The number of hydrogen-bond acceptors (Lipinski definition) is 12. The van der Waals surface area contributed by atoms with Gasteiger partial charge in [-0.2, -0.15) is 0 Å². The zero-order valence-corrected chi connectivity index (χ0v) is 26.5. The summed E-state index contributed by atoms with van der Waals surface area (Å²) in [6, 6.07) is 0. The van der Waals surface area contributed by atoms with Gasteiger partial charge in [0.25, 0.3) is 0 Å². The molecule has 0 aromatic rings. The van der Waals surface area contributed by atoms with Crippen LogP contribution in [0.4, 0.5) is 0 Å². The van der Waals surface area contributed by atoms with E-state index in [-0.39, 0.29) is 12.0 Å². The number of aliphatic hydroxyl groups is 3. The number of carbonyl (C=O) groups excluding carboxylic acids is 4. The molecule has 2 aliphatic carbocycles. The minimum atomic E-state index is -2.09. The van der Waals surface area contributed by atoms with Gasteiger partial charge in [-0.05, 0) is 38.8 Å². The van der Waals surface area contributed by atoms with E-state index in [9.17, 15) is 34.5 Å². The van der Waals surface area contributed by atoms with E-state index in [1.54, 1.807) is 13.8 Å². The van der Waals surface area contributed by atoms with Gasteiger partial charge in [-0.15, -0.1) is 0 Å². The third kappa shape index (κ3) is 5.59. The average Bonchev–Trinajstić information content (AvgIpc) is 3.52. The van der Waals surface area contributed by atoms with E-state index in [2.05, 4.69) is 6.92 Å². The van der Waals surface area contributed by atoms with Crippen molar-refractivity contribution in [3.05, 3.63) is 23.8 Å². The lowest BCUT2D eigenvalue weighted by atomic mass is 9.55. The van der Waals surface area contributed by atoms with Crippen molar-refractivity contribution in [3.63, 3.8) is 0 Å². The Balaban J connectivity index is 1.91. The highest BCUT2D eigenvalue weighted by Crippen LogP contribution is 2.65. The van der Waals surface area contributed by atoms with Gasteiger partial charge in [-0.1, -0.05) is 51.7 Å². The molecule has 0 radical (unpaired) electrons. The van der Waals surface area contributed by atoms with E-state index >= 15 is 0 Å². The lowest BCUT2D eigenvalue weighted by Crippen LogP contribution is -2.68. The Bertz CT molecular complexity index is 1220. The molecular formula is C32H46O12. The summed E-state index contributed by atoms with van der Waals surface area (Å²) in [5, 5.41) is 34.8. The second-order valence-corrected chi connectivity index (χ2v) is 13.2. The van der Waals surface area contributed by atoms with Gasteiger partial charge >= 0.3 is 23.9 Å². The third-order valence-electron chi connectivity index (χ3n) is 9.83. The normalized spacial score (nSPS) is 43.7. The summed E-state index contributed by atoms with van der Waals surface area (Å²) >= 11 is 0. The molecule has 11 atom stereocenters. The highest BCUT2D eigenvalue weighted by Gasteiger charge is 2.88. The number of fused-ring (bicyclic) bond motifs is 1. The highest BCUT2D eigenvalue weighted by molar-refractivity contribution is 5.89. The number of hydrogen-bond donors (Lipinski definition) is 3. The van der Waals surface area contributed by atoms with Crippen molar-refractivity contribution in [3.8, 4) is 0 Å². The topological polar surface area (TPSA) is 178 Å². The summed E-state index contributed by atoms with van der Waals surface area (Å²) in [5.41, 5.74) is -6.72. The molecule has 2 saturated heterocycles. The van der Waals surface area contributed by atoms with E-state index in [0.29, 0.717) is 6.42 Å². The molecule has 4 aliphatic rings. The Morgan fingerprint density at radius 3 is 2.16 bits per heavy atom. The highest BCUT2D eigenvalue weighted by atomic mass is 16.7. The molecule has 12 heteroatoms. The number of rotatable bonds is 9. The van der Waals surface area contributed by atoms with Crippen LogP contribution < -0.4 is 0 Å². The fourth-order valence-electron chi connectivity index (χ4n) is 7.40. The molecular weight excluding hydrogens is 576 g/mol. The van der Waals surface area contributed by atoms with Gasteiger partial charge in [0, 0.05) is 31.6 Å². The fraction of sp³-hybridized carbons (Fsp3) is 0.750. The van der Waals surface area contributed by atoms with E-state index in [0.717, 1.165) is 39.5 Å². The fourth-order valence-corrected chi connectivity index (χ4v) is 7.40. The van der Waals surface area contributed by atoms with E-state index in [1.165, 1.54) is 32.1 Å². The van der Waals surface area contributed by atoms with Crippen molar-refractivity contribution < 1.29 is 58.2 Å². The Kier molecular flexibility index (Phi) is 9.44. The van der Waals surface area contributed by atoms with Crippen LogP contribution in [0.3, 0.4) is 0 Å². The molecule has 1 spiro atoms. The van der Waals surface area contributed by atoms with Gasteiger partial charge < -0.3 is 39.0 Å². The van der Waals surface area contributed by atoms with Gasteiger partial charge in [-0.25, -0.2) is 4.79 Å². The Morgan fingerprint density at radius 1 is 0.955 bits per heavy atom. The number of esters is 4. The first-order valence-electron chi connectivity index (χ1n) is 15.4. The van der Waals surface area contributed by atoms with Gasteiger partial charge in [0.2, 0.25) is 0 Å². The van der Waals surface area contributed by atoms with E-state index in [4.69, 9.17) is 23.7 Å². The van der Waals surface area contributed by atoms with Gasteiger partial charge in [-0.3, -0.25) is 14.4 Å². The molecule has 2 aliphatic heterocycles. The van der Waals surface area contributed by atoms with Crippen LogP contribution in [0.2, 0.25) is 0 Å². The Hall–Kier alpha value is -2.80. The largest absolute Gasteiger partial charge is 0.459 e. The summed E-state index contributed by atoms with van der Waals surface area (Å²) < 4.78 is 29.4. The lowest BCUT2D eigenvalue weighted by molar-refractivity contribution is -0.229. The number of carbonyl (C=O) groups is 4. The second kappa shape index (κ2) is 12.2. The molecule has 2 heterocycles. The van der Waals surface area contributed by atoms with Crippen molar-refractivity contribution in [2.75, 3.05) is 0 Å². The minimum Gasteiger partial charge on any atom is -0.459 e. The Morgan fingerprint density at radius 2 is 1.57 bits per heavy atom. The summed E-state index contributed by atoms with van der Waals surface area (Å²) in [4.78, 5) is 51.6. The van der Waals surface area contributed by atoms with Crippen LogP contribution in [0.25, 0.3) is 0 Å². The SMILES string of the molecule is CCCCCCCC(=O)O[C@@H]1[C@@H](O)/C(C)=C\[C@@H]2OC(=O)[C@]3(C)O[C@]23[C@@H](OC(C)=O)[C@H]2[C@](C)(O)[C@H](O)C=C[C@]2(C)[C@H]1OC(C)=O. The van der Waals surface area contributed by atoms with Crippen molar-refractivity contribution in [1.29, 1.82) is 0 Å². The molecule has 0 amide bonds. The van der Waals surface area contributed by atoms with Crippen LogP contribution >= 0.6 is 0 Å². The van der Waals surface area contributed by atoms with Gasteiger partial charge in [0.1, 0.15) is 18.3 Å². The maximum absolute atomic E-state index is 13.2. The van der Waals surface area contributed by atoms with E-state index in [1.807, 2.05) is 0 Å². The molecule has 4 rings (SSSR count). The molecule has 246 valence electrons. The summed E-state index contributed by atoms with van der Waals surface area (Å²) in [5.74, 6) is -4.26. The quantitative estimate of drug-likeness (QED) is 0.112. The smallest absolute Gasteiger partial charge is 0.342 e. The van der Waals surface area contributed by atoms with Crippen molar-refractivity contribution in [2.45, 2.75) is 140 Å². The standard InChI is InChI=1S/C32H46O12/c1-8-9-10-11-12-13-22(36)43-24-23(37)17(2)16-21-32(31(7,44-32)28(38)42-21)27(41-19(4)34)25-29(5,26(24)40-18(3)33)15-14-20(35)30(25,6)39/h14-16,20-21,23-27,35,37,39H,8-13H2,1-7H3/b17-16-/t20-,21+,23+,24-,25-,26+,27+,29+,30-,31+,32+/m1/s1. The van der Waals surface area contributed by atoms with E-state index < -0.39 is 88.6 Å². The third-order valence-corrected chi connectivity index (χ3v) is 9.83. The molecule has 12 nitrogen and oxygen atoms in total. The molecule has 0 aromatic heterocycles. The van der Waals surface area contributed by atoms with Crippen molar-refractivity contribution in [2.24, 2.45) is 11.3 Å². The summed E-state index contributed by atoms with van der Waals surface area (Å²) in [7, 11) is 0. The predicted molar refractivity (Wildman–Crippen MR) is 154 cm³/mol. The molecule has 3 N–H and O–H groups in total. The zero-order chi connectivity index (χ0) is 32.8. The Labute approximate surface area is 257 Å². The number of ether oxygens (including phenoxy) is 5. The summed E-state index contributed by atoms with van der Waals surface area (Å²) in [6.07, 6.45) is 0.0187. The number of unbranched alkanes of at least 4 members (excludes halogenated alkanes) is 4. The molecule has 0 aromatic carbocycles. The molecule has 2 fully saturated rings. The molecule has 0 unspecified atom stereocenters. The maximum atomic E-state index is 13.2. The van der Waals surface area contributed by atoms with Gasteiger partial charge in [0.15, 0.2) is 29.5 Å². The summed E-state index contributed by atoms with van der Waals surface area (Å²) in [6.45, 7) is 10.3. The first-order chi connectivity index (χ1) is 20.5. The van der Waals surface area contributed by atoms with Crippen LogP contribution in [0.1, 0.15) is 87.0 Å². The van der Waals surface area contributed by atoms with Crippen LogP contribution in [-0.4, -0.2) is 92.6 Å². The molecule has 0 saturated carbocycles. The van der Waals surface area contributed by atoms with Crippen molar-refractivity contribution >= 4 is 23.9 Å². The van der Waals surface area contributed by atoms with Crippen LogP contribution in [-0.2, 0) is 42.9 Å². The zero-order valence-electron chi connectivity index (χ0n) is 26.5. The van der Waals surface area contributed by atoms with Gasteiger partial charge in [0.05, 0.1) is 5.60 Å². The first-order valence-corrected chi connectivity index (χ1v) is 15.4. The monoisotopic (exact) mass is 622 g/mol. The lowest BCUT2D eigenvalue weighted by Gasteiger charge is -2.55. The van der Waals surface area contributed by atoms with Crippen LogP contribution in [0, 0.1) is 11.3 Å². The average molecular weight is 623 g/mol. The molecule has 0 bridgehead atoms. The predicted octanol–water partition coefficient (Wildman–Crippen LogP) is 2.20. The minimum absolute atomic E-state index is 0.0561. The first kappa shape index (κ1) is 34.1. The second-order valence-electron chi connectivity index (χ2n) is 13.2. The van der Waals surface area contributed by atoms with Crippen LogP contribution in [0.15, 0.2) is 23.8 Å². The van der Waals surface area contributed by atoms with Crippen LogP contribution in [0.5, 0.6) is 0 Å². The number of epoxide rings is 1. The number of aliphatic hydroxyl groups excluding tert-OH is 2. The van der Waals surface area contributed by atoms with Crippen molar-refractivity contribution in [1.82, 2.24) is 0 Å². The maximum Gasteiger partial charge on any atom is 0.342 e.